The molecular formula is C14H17N3O2S. The summed E-state index contributed by atoms with van der Waals surface area (Å²) >= 11 is 1.60. The van der Waals surface area contributed by atoms with Crippen LogP contribution in [0.25, 0.3) is 0 Å². The van der Waals surface area contributed by atoms with Gasteiger partial charge in [-0.2, -0.15) is 0 Å². The zero-order chi connectivity index (χ0) is 14.5. The van der Waals surface area contributed by atoms with Crippen LogP contribution in [0.15, 0.2) is 29.6 Å². The second kappa shape index (κ2) is 6.29. The molecule has 0 aliphatic carbocycles. The molecule has 0 saturated heterocycles. The quantitative estimate of drug-likeness (QED) is 0.791. The number of methoxy groups -OCH3 is 1. The number of benzene rings is 1. The summed E-state index contributed by atoms with van der Waals surface area (Å²) in [6.45, 7) is 2.09. The predicted octanol–water partition coefficient (Wildman–Crippen LogP) is 2.91. The highest BCUT2D eigenvalue weighted by Gasteiger charge is 2.07. The van der Waals surface area contributed by atoms with E-state index in [-0.39, 0.29) is 5.91 Å². The van der Waals surface area contributed by atoms with Crippen molar-refractivity contribution >= 4 is 34.3 Å². The highest BCUT2D eigenvalue weighted by atomic mass is 32.1. The number of ether oxygens (including phenoxy) is 1. The predicted molar refractivity (Wildman–Crippen MR) is 83.4 cm³/mol. The highest BCUT2D eigenvalue weighted by molar-refractivity contribution is 7.10. The van der Waals surface area contributed by atoms with E-state index in [4.69, 9.17) is 10.5 Å². The number of amides is 1. The van der Waals surface area contributed by atoms with Crippen molar-refractivity contribution in [1.29, 1.82) is 0 Å². The molecule has 0 fully saturated rings. The van der Waals surface area contributed by atoms with Crippen molar-refractivity contribution in [2.75, 3.05) is 23.5 Å². The van der Waals surface area contributed by atoms with E-state index in [9.17, 15) is 4.79 Å². The molecular weight excluding hydrogens is 274 g/mol. The third-order valence-electron chi connectivity index (χ3n) is 2.74. The molecule has 0 aliphatic rings. The molecule has 106 valence electrons. The molecule has 0 atom stereocenters. The third-order valence-corrected chi connectivity index (χ3v) is 3.68. The first-order valence-electron chi connectivity index (χ1n) is 6.11. The van der Waals surface area contributed by atoms with Crippen LogP contribution in [-0.4, -0.2) is 13.0 Å². The standard InChI is InChI=1S/C14H17N3O2S/c1-9(18)17-10-3-4-13(19-2)12(7-10)16-8-14-11(15)5-6-20-14/h3-7,16H,8,15H2,1-2H3,(H,17,18). The van der Waals surface area contributed by atoms with E-state index in [1.54, 1.807) is 24.5 Å². The van der Waals surface area contributed by atoms with Crippen LogP contribution in [0.5, 0.6) is 5.75 Å². The van der Waals surface area contributed by atoms with Crippen molar-refractivity contribution in [2.45, 2.75) is 13.5 Å². The Hall–Kier alpha value is -2.21. The van der Waals surface area contributed by atoms with E-state index in [2.05, 4.69) is 10.6 Å². The summed E-state index contributed by atoms with van der Waals surface area (Å²) < 4.78 is 5.30. The average Bonchev–Trinajstić information content (AvgIpc) is 2.81. The maximum Gasteiger partial charge on any atom is 0.221 e. The Balaban J connectivity index is 2.15. The monoisotopic (exact) mass is 291 g/mol. The Morgan fingerprint density at radius 3 is 2.80 bits per heavy atom. The van der Waals surface area contributed by atoms with Gasteiger partial charge in [-0.1, -0.05) is 0 Å². The van der Waals surface area contributed by atoms with Gasteiger partial charge >= 0.3 is 0 Å². The van der Waals surface area contributed by atoms with E-state index in [0.717, 1.165) is 21.9 Å². The molecule has 0 aliphatic heterocycles. The SMILES string of the molecule is COc1ccc(NC(C)=O)cc1NCc1sccc1N. The minimum atomic E-state index is -0.108. The van der Waals surface area contributed by atoms with Crippen LogP contribution in [0.2, 0.25) is 0 Å². The van der Waals surface area contributed by atoms with Gasteiger partial charge in [0.2, 0.25) is 5.91 Å². The number of anilines is 3. The van der Waals surface area contributed by atoms with Crippen LogP contribution < -0.4 is 21.1 Å². The first-order chi connectivity index (χ1) is 9.60. The fraction of sp³-hybridized carbons (Fsp3) is 0.214. The molecule has 5 nitrogen and oxygen atoms in total. The van der Waals surface area contributed by atoms with Gasteiger partial charge in [-0.15, -0.1) is 11.3 Å². The molecule has 0 saturated carbocycles. The number of nitrogens with two attached hydrogens (primary N) is 1. The summed E-state index contributed by atoms with van der Waals surface area (Å²) in [5.74, 6) is 0.609. The number of hydrogen-bond acceptors (Lipinski definition) is 5. The lowest BCUT2D eigenvalue weighted by molar-refractivity contribution is -0.114. The van der Waals surface area contributed by atoms with Gasteiger partial charge in [0.15, 0.2) is 0 Å². The topological polar surface area (TPSA) is 76.4 Å². The minimum absolute atomic E-state index is 0.108. The molecule has 0 spiro atoms. The molecule has 20 heavy (non-hydrogen) atoms. The highest BCUT2D eigenvalue weighted by Crippen LogP contribution is 2.29. The summed E-state index contributed by atoms with van der Waals surface area (Å²) in [7, 11) is 1.61. The lowest BCUT2D eigenvalue weighted by Gasteiger charge is -2.13. The number of rotatable bonds is 5. The Morgan fingerprint density at radius 1 is 1.40 bits per heavy atom. The van der Waals surface area contributed by atoms with Gasteiger partial charge in [0.1, 0.15) is 5.75 Å². The van der Waals surface area contributed by atoms with Crippen molar-refractivity contribution in [3.05, 3.63) is 34.5 Å². The van der Waals surface area contributed by atoms with Crippen LogP contribution in [0.3, 0.4) is 0 Å². The van der Waals surface area contributed by atoms with Crippen molar-refractivity contribution in [3.63, 3.8) is 0 Å². The molecule has 0 bridgehead atoms. The molecule has 1 heterocycles. The molecule has 4 N–H and O–H groups in total. The molecule has 6 heteroatoms. The lowest BCUT2D eigenvalue weighted by Crippen LogP contribution is -2.07. The maximum absolute atomic E-state index is 11.1. The number of hydrogen-bond donors (Lipinski definition) is 3. The Bertz CT molecular complexity index is 610. The van der Waals surface area contributed by atoms with Gasteiger partial charge in [0.25, 0.3) is 0 Å². The van der Waals surface area contributed by atoms with E-state index in [1.165, 1.54) is 6.92 Å². The summed E-state index contributed by atoms with van der Waals surface area (Å²) in [6, 6.07) is 7.33. The van der Waals surface area contributed by atoms with E-state index in [0.29, 0.717) is 12.3 Å². The van der Waals surface area contributed by atoms with Gasteiger partial charge in [0, 0.05) is 23.2 Å². The van der Waals surface area contributed by atoms with Gasteiger partial charge in [-0.25, -0.2) is 0 Å². The minimum Gasteiger partial charge on any atom is -0.495 e. The molecule has 0 radical (unpaired) electrons. The zero-order valence-corrected chi connectivity index (χ0v) is 12.2. The number of carbonyl (C=O) groups is 1. The third kappa shape index (κ3) is 3.42. The van der Waals surface area contributed by atoms with Gasteiger partial charge in [0.05, 0.1) is 19.3 Å². The molecule has 1 aromatic carbocycles. The van der Waals surface area contributed by atoms with E-state index >= 15 is 0 Å². The smallest absolute Gasteiger partial charge is 0.221 e. The molecule has 2 rings (SSSR count). The maximum atomic E-state index is 11.1. The second-order valence-corrected chi connectivity index (χ2v) is 5.25. The van der Waals surface area contributed by atoms with Gasteiger partial charge in [-0.3, -0.25) is 4.79 Å². The fourth-order valence-corrected chi connectivity index (χ4v) is 2.54. The normalized spacial score (nSPS) is 10.1. The lowest BCUT2D eigenvalue weighted by atomic mass is 10.2. The van der Waals surface area contributed by atoms with Crippen molar-refractivity contribution in [3.8, 4) is 5.75 Å². The Kier molecular flexibility index (Phi) is 4.47. The number of carbonyl (C=O) groups excluding carboxylic acids is 1. The Morgan fingerprint density at radius 2 is 2.20 bits per heavy atom. The average molecular weight is 291 g/mol. The first kappa shape index (κ1) is 14.2. The van der Waals surface area contributed by atoms with Crippen molar-refractivity contribution < 1.29 is 9.53 Å². The molecule has 2 aromatic rings. The van der Waals surface area contributed by atoms with Gasteiger partial charge < -0.3 is 21.1 Å². The molecule has 1 aromatic heterocycles. The van der Waals surface area contributed by atoms with Crippen LogP contribution in [-0.2, 0) is 11.3 Å². The second-order valence-electron chi connectivity index (χ2n) is 4.25. The molecule has 1 amide bonds. The number of nitrogens with one attached hydrogen (secondary N) is 2. The Labute approximate surface area is 121 Å². The van der Waals surface area contributed by atoms with E-state index < -0.39 is 0 Å². The van der Waals surface area contributed by atoms with Crippen molar-refractivity contribution in [2.24, 2.45) is 0 Å². The van der Waals surface area contributed by atoms with Crippen LogP contribution in [0, 0.1) is 0 Å². The van der Waals surface area contributed by atoms with Crippen molar-refractivity contribution in [1.82, 2.24) is 0 Å². The summed E-state index contributed by atoms with van der Waals surface area (Å²) in [5.41, 5.74) is 8.16. The molecule has 0 unspecified atom stereocenters. The van der Waals surface area contributed by atoms with Crippen LogP contribution in [0.4, 0.5) is 17.1 Å². The fourth-order valence-electron chi connectivity index (χ4n) is 1.80. The van der Waals surface area contributed by atoms with Crippen LogP contribution in [0.1, 0.15) is 11.8 Å². The summed E-state index contributed by atoms with van der Waals surface area (Å²) in [6.07, 6.45) is 0. The first-order valence-corrected chi connectivity index (χ1v) is 6.99. The summed E-state index contributed by atoms with van der Waals surface area (Å²) in [4.78, 5) is 12.2. The number of thiophene rings is 1. The summed E-state index contributed by atoms with van der Waals surface area (Å²) in [5, 5.41) is 7.98. The zero-order valence-electron chi connectivity index (χ0n) is 11.4. The number of nitrogen functional groups attached to an aromatic ring is 1. The van der Waals surface area contributed by atoms with Gasteiger partial charge in [-0.05, 0) is 29.6 Å². The van der Waals surface area contributed by atoms with Crippen LogP contribution >= 0.6 is 11.3 Å². The largest absolute Gasteiger partial charge is 0.495 e. The van der Waals surface area contributed by atoms with E-state index in [1.807, 2.05) is 23.6 Å².